The van der Waals surface area contributed by atoms with Crippen LogP contribution in [0.4, 0.5) is 5.13 Å². The van der Waals surface area contributed by atoms with Crippen molar-refractivity contribution in [1.29, 1.82) is 0 Å². The predicted octanol–water partition coefficient (Wildman–Crippen LogP) is 4.36. The monoisotopic (exact) mass is 411 g/mol. The molecule has 0 unspecified atom stereocenters. The third-order valence-electron chi connectivity index (χ3n) is 4.17. The minimum absolute atomic E-state index is 0.297. The summed E-state index contributed by atoms with van der Waals surface area (Å²) in [5, 5.41) is 2.43. The minimum atomic E-state index is -0.507. The van der Waals surface area contributed by atoms with Gasteiger partial charge >= 0.3 is 5.97 Å². The van der Waals surface area contributed by atoms with Crippen molar-refractivity contribution in [3.63, 3.8) is 0 Å². The van der Waals surface area contributed by atoms with Crippen molar-refractivity contribution in [1.82, 2.24) is 9.55 Å². The topological polar surface area (TPSA) is 64.4 Å². The number of carbonyl (C=O) groups is 2. The van der Waals surface area contributed by atoms with E-state index in [4.69, 9.17) is 4.74 Å². The largest absolute Gasteiger partial charge is 0.451 e. The Balaban J connectivity index is 1.46. The van der Waals surface area contributed by atoms with Gasteiger partial charge in [0.2, 0.25) is 0 Å². The minimum Gasteiger partial charge on any atom is -0.451 e. The lowest BCUT2D eigenvalue weighted by Gasteiger charge is -2.17. The van der Waals surface area contributed by atoms with E-state index in [1.807, 2.05) is 71.7 Å². The lowest BCUT2D eigenvalue weighted by atomic mass is 10.3. The van der Waals surface area contributed by atoms with E-state index in [1.54, 1.807) is 4.90 Å². The average Bonchev–Trinajstić information content (AvgIpc) is 3.45. The number of thiophene rings is 1. The van der Waals surface area contributed by atoms with Crippen molar-refractivity contribution in [3.05, 3.63) is 65.1 Å². The van der Waals surface area contributed by atoms with Crippen LogP contribution in [-0.4, -0.2) is 34.6 Å². The number of esters is 1. The van der Waals surface area contributed by atoms with Crippen LogP contribution in [0.1, 0.15) is 16.6 Å². The zero-order valence-electron chi connectivity index (χ0n) is 15.1. The quantitative estimate of drug-likeness (QED) is 0.442. The lowest BCUT2D eigenvalue weighted by molar-refractivity contribution is -0.121. The van der Waals surface area contributed by atoms with Crippen molar-refractivity contribution in [2.24, 2.45) is 0 Å². The van der Waals surface area contributed by atoms with E-state index < -0.39 is 5.97 Å². The standard InChI is InChI=1S/C20H17N3O3S2/c1-2-23(20-21-14-7-3-4-8-16(14)28-20)17(24)13-26-19(25)18-15(9-12-27-18)22-10-5-6-11-22/h3-12H,2,13H2,1H3. The summed E-state index contributed by atoms with van der Waals surface area (Å²) < 4.78 is 8.16. The molecular formula is C20H17N3O3S2. The number of ether oxygens (including phenoxy) is 1. The second-order valence-corrected chi connectivity index (χ2v) is 7.83. The molecule has 3 aromatic heterocycles. The summed E-state index contributed by atoms with van der Waals surface area (Å²) in [5.41, 5.74) is 1.59. The molecule has 28 heavy (non-hydrogen) atoms. The number of nitrogens with zero attached hydrogens (tertiary/aromatic N) is 3. The SMILES string of the molecule is CCN(C(=O)COC(=O)c1sccc1-n1cccc1)c1nc2ccccc2s1. The van der Waals surface area contributed by atoms with Crippen LogP contribution in [0.5, 0.6) is 0 Å². The number of fused-ring (bicyclic) bond motifs is 1. The predicted molar refractivity (Wildman–Crippen MR) is 112 cm³/mol. The van der Waals surface area contributed by atoms with Gasteiger partial charge in [-0.25, -0.2) is 9.78 Å². The van der Waals surface area contributed by atoms with Crippen LogP contribution in [0.2, 0.25) is 0 Å². The number of hydrogen-bond acceptors (Lipinski definition) is 6. The van der Waals surface area contributed by atoms with Crippen molar-refractivity contribution >= 4 is 49.9 Å². The molecule has 0 spiro atoms. The first-order chi connectivity index (χ1) is 13.7. The molecule has 1 amide bonds. The number of para-hydroxylation sites is 1. The number of anilines is 1. The average molecular weight is 412 g/mol. The molecule has 4 rings (SSSR count). The molecule has 0 aliphatic carbocycles. The number of amides is 1. The maximum atomic E-state index is 12.7. The van der Waals surface area contributed by atoms with E-state index in [0.717, 1.165) is 15.9 Å². The molecule has 0 aliphatic heterocycles. The van der Waals surface area contributed by atoms with Crippen LogP contribution in [-0.2, 0) is 9.53 Å². The molecule has 0 fully saturated rings. The Kier molecular flexibility index (Phi) is 5.23. The van der Waals surface area contributed by atoms with Gasteiger partial charge < -0.3 is 9.30 Å². The summed E-state index contributed by atoms with van der Waals surface area (Å²) in [4.78, 5) is 31.7. The Bertz CT molecular complexity index is 1080. The van der Waals surface area contributed by atoms with Gasteiger partial charge in [-0.05, 0) is 42.6 Å². The lowest BCUT2D eigenvalue weighted by Crippen LogP contribution is -2.34. The van der Waals surface area contributed by atoms with Crippen molar-refractivity contribution < 1.29 is 14.3 Å². The van der Waals surface area contributed by atoms with E-state index in [-0.39, 0.29) is 12.5 Å². The van der Waals surface area contributed by atoms with E-state index >= 15 is 0 Å². The van der Waals surface area contributed by atoms with Crippen LogP contribution in [0, 0.1) is 0 Å². The Hall–Kier alpha value is -2.97. The van der Waals surface area contributed by atoms with Crippen LogP contribution >= 0.6 is 22.7 Å². The van der Waals surface area contributed by atoms with Gasteiger partial charge in [-0.3, -0.25) is 9.69 Å². The third-order valence-corrected chi connectivity index (χ3v) is 6.11. The third kappa shape index (κ3) is 3.56. The van der Waals surface area contributed by atoms with Gasteiger partial charge in [-0.1, -0.05) is 23.5 Å². The first-order valence-electron chi connectivity index (χ1n) is 8.71. The maximum absolute atomic E-state index is 12.7. The van der Waals surface area contributed by atoms with Gasteiger partial charge in [0.1, 0.15) is 4.88 Å². The summed E-state index contributed by atoms with van der Waals surface area (Å²) in [5.74, 6) is -0.804. The number of hydrogen-bond donors (Lipinski definition) is 0. The fourth-order valence-corrected chi connectivity index (χ4v) is 4.65. The van der Waals surface area contributed by atoms with E-state index in [0.29, 0.717) is 16.6 Å². The summed E-state index contributed by atoms with van der Waals surface area (Å²) in [7, 11) is 0. The normalized spacial score (nSPS) is 10.9. The first-order valence-corrected chi connectivity index (χ1v) is 10.4. The summed E-state index contributed by atoms with van der Waals surface area (Å²) in [6.45, 7) is 1.99. The molecular weight excluding hydrogens is 394 g/mol. The Morgan fingerprint density at radius 3 is 2.68 bits per heavy atom. The molecule has 6 nitrogen and oxygen atoms in total. The Labute approximate surface area is 169 Å². The summed E-state index contributed by atoms with van der Waals surface area (Å²) in [6, 6.07) is 13.3. The van der Waals surface area contributed by atoms with E-state index in [1.165, 1.54) is 22.7 Å². The first kappa shape index (κ1) is 18.4. The molecule has 0 N–H and O–H groups in total. The molecule has 0 aliphatic rings. The maximum Gasteiger partial charge on any atom is 0.350 e. The fraction of sp³-hybridized carbons (Fsp3) is 0.150. The highest BCUT2D eigenvalue weighted by Gasteiger charge is 2.22. The second kappa shape index (κ2) is 7.95. The van der Waals surface area contributed by atoms with E-state index in [2.05, 4.69) is 4.98 Å². The zero-order chi connectivity index (χ0) is 19.5. The number of likely N-dealkylation sites (N-methyl/N-ethyl adjacent to an activating group) is 1. The van der Waals surface area contributed by atoms with Crippen molar-refractivity contribution in [2.75, 3.05) is 18.1 Å². The zero-order valence-corrected chi connectivity index (χ0v) is 16.7. The van der Waals surface area contributed by atoms with Crippen LogP contribution in [0.3, 0.4) is 0 Å². The molecule has 0 atom stereocenters. The van der Waals surface area contributed by atoms with Crippen LogP contribution in [0.25, 0.3) is 15.9 Å². The highest BCUT2D eigenvalue weighted by Crippen LogP contribution is 2.28. The smallest absolute Gasteiger partial charge is 0.350 e. The van der Waals surface area contributed by atoms with Gasteiger partial charge in [0.05, 0.1) is 15.9 Å². The number of thiazole rings is 1. The van der Waals surface area contributed by atoms with Gasteiger partial charge in [-0.15, -0.1) is 11.3 Å². The van der Waals surface area contributed by atoms with Crippen LogP contribution in [0.15, 0.2) is 60.2 Å². The molecule has 3 heterocycles. The van der Waals surface area contributed by atoms with Crippen molar-refractivity contribution in [3.8, 4) is 5.69 Å². The Morgan fingerprint density at radius 1 is 1.14 bits per heavy atom. The molecule has 4 aromatic rings. The van der Waals surface area contributed by atoms with E-state index in [9.17, 15) is 9.59 Å². The van der Waals surface area contributed by atoms with Gasteiger partial charge in [0.15, 0.2) is 11.7 Å². The molecule has 142 valence electrons. The summed E-state index contributed by atoms with van der Waals surface area (Å²) >= 11 is 2.73. The van der Waals surface area contributed by atoms with Crippen molar-refractivity contribution in [2.45, 2.75) is 6.92 Å². The number of rotatable bonds is 6. The summed E-state index contributed by atoms with van der Waals surface area (Å²) in [6.07, 6.45) is 3.71. The molecule has 1 aromatic carbocycles. The van der Waals surface area contributed by atoms with Gasteiger partial charge in [0, 0.05) is 18.9 Å². The van der Waals surface area contributed by atoms with Gasteiger partial charge in [-0.2, -0.15) is 0 Å². The van der Waals surface area contributed by atoms with Gasteiger partial charge in [0.25, 0.3) is 5.91 Å². The Morgan fingerprint density at radius 2 is 1.93 bits per heavy atom. The number of carbonyl (C=O) groups excluding carboxylic acids is 2. The molecule has 0 radical (unpaired) electrons. The molecule has 0 saturated heterocycles. The molecule has 0 saturated carbocycles. The highest BCUT2D eigenvalue weighted by atomic mass is 32.1. The molecule has 8 heteroatoms. The second-order valence-electron chi connectivity index (χ2n) is 5.90. The number of aromatic nitrogens is 2. The number of benzene rings is 1. The van der Waals surface area contributed by atoms with Crippen LogP contribution < -0.4 is 4.90 Å². The fourth-order valence-electron chi connectivity index (χ4n) is 2.82. The highest BCUT2D eigenvalue weighted by molar-refractivity contribution is 7.22. The molecule has 0 bridgehead atoms.